The minimum atomic E-state index is 0.193. The van der Waals surface area contributed by atoms with E-state index in [1.165, 1.54) is 11.1 Å². The molecule has 0 spiro atoms. The van der Waals surface area contributed by atoms with Crippen molar-refractivity contribution >= 4 is 0 Å². The summed E-state index contributed by atoms with van der Waals surface area (Å²) in [6.07, 6.45) is 2.45. The predicted molar refractivity (Wildman–Crippen MR) is 77.4 cm³/mol. The summed E-state index contributed by atoms with van der Waals surface area (Å²) in [6.45, 7) is 5.69. The average Bonchev–Trinajstić information content (AvgIpc) is 2.43. The minimum absolute atomic E-state index is 0.193. The van der Waals surface area contributed by atoms with E-state index in [9.17, 15) is 0 Å². The Morgan fingerprint density at radius 2 is 2.16 bits per heavy atom. The summed E-state index contributed by atoms with van der Waals surface area (Å²) in [5, 5.41) is 3.33. The highest BCUT2D eigenvalue weighted by Crippen LogP contribution is 2.30. The molecule has 2 unspecified atom stereocenters. The van der Waals surface area contributed by atoms with Gasteiger partial charge in [-0.1, -0.05) is 24.3 Å². The molecule has 0 amide bonds. The first-order valence-electron chi connectivity index (χ1n) is 7.19. The molecule has 0 aliphatic carbocycles. The largest absolute Gasteiger partial charge is 0.377 e. The predicted octanol–water partition coefficient (Wildman–Crippen LogP) is 2.70. The third-order valence-corrected chi connectivity index (χ3v) is 3.63. The van der Waals surface area contributed by atoms with E-state index in [-0.39, 0.29) is 12.2 Å². The van der Waals surface area contributed by atoms with Gasteiger partial charge in [-0.2, -0.15) is 0 Å². The van der Waals surface area contributed by atoms with Crippen LogP contribution in [0.4, 0.5) is 0 Å². The SMILES string of the molecule is CNC(COC(C)C)CC1OCCc2ccccc21. The molecule has 1 aromatic carbocycles. The van der Waals surface area contributed by atoms with E-state index in [1.54, 1.807) is 0 Å². The van der Waals surface area contributed by atoms with Gasteiger partial charge >= 0.3 is 0 Å². The normalized spacial score (nSPS) is 20.3. The Morgan fingerprint density at radius 3 is 2.89 bits per heavy atom. The van der Waals surface area contributed by atoms with Crippen molar-refractivity contribution in [3.05, 3.63) is 35.4 Å². The first-order valence-corrected chi connectivity index (χ1v) is 7.19. The molecule has 2 atom stereocenters. The zero-order chi connectivity index (χ0) is 13.7. The number of fused-ring (bicyclic) bond motifs is 1. The minimum Gasteiger partial charge on any atom is -0.377 e. The van der Waals surface area contributed by atoms with Crippen LogP contribution in [0.5, 0.6) is 0 Å². The number of hydrogen-bond donors (Lipinski definition) is 1. The second-order valence-electron chi connectivity index (χ2n) is 5.41. The highest BCUT2D eigenvalue weighted by Gasteiger charge is 2.23. The first-order chi connectivity index (χ1) is 9.20. The Kier molecular flexibility index (Phi) is 5.37. The maximum absolute atomic E-state index is 5.95. The number of ether oxygens (including phenoxy) is 2. The van der Waals surface area contributed by atoms with Crippen molar-refractivity contribution < 1.29 is 9.47 Å². The summed E-state index contributed by atoms with van der Waals surface area (Å²) in [6, 6.07) is 8.94. The lowest BCUT2D eigenvalue weighted by Crippen LogP contribution is -2.34. The molecule has 1 aromatic rings. The van der Waals surface area contributed by atoms with Gasteiger partial charge in [-0.05, 0) is 44.9 Å². The van der Waals surface area contributed by atoms with Crippen LogP contribution in [0.1, 0.15) is 37.5 Å². The average molecular weight is 263 g/mol. The van der Waals surface area contributed by atoms with E-state index < -0.39 is 0 Å². The van der Waals surface area contributed by atoms with Gasteiger partial charge < -0.3 is 14.8 Å². The first kappa shape index (κ1) is 14.5. The quantitative estimate of drug-likeness (QED) is 0.856. The van der Waals surface area contributed by atoms with Gasteiger partial charge in [0, 0.05) is 6.04 Å². The van der Waals surface area contributed by atoms with Crippen LogP contribution < -0.4 is 5.32 Å². The molecular weight excluding hydrogens is 238 g/mol. The Bertz CT molecular complexity index is 392. The van der Waals surface area contributed by atoms with E-state index in [0.717, 1.165) is 26.1 Å². The zero-order valence-corrected chi connectivity index (χ0v) is 12.2. The lowest BCUT2D eigenvalue weighted by atomic mass is 9.94. The number of rotatable bonds is 6. The van der Waals surface area contributed by atoms with Gasteiger partial charge in [0.15, 0.2) is 0 Å². The summed E-state index contributed by atoms with van der Waals surface area (Å²) < 4.78 is 11.7. The van der Waals surface area contributed by atoms with Crippen LogP contribution in [0, 0.1) is 0 Å². The lowest BCUT2D eigenvalue weighted by molar-refractivity contribution is 0.00912. The molecule has 0 bridgehead atoms. The van der Waals surface area contributed by atoms with E-state index in [2.05, 4.69) is 43.4 Å². The van der Waals surface area contributed by atoms with Crippen LogP contribution in [0.3, 0.4) is 0 Å². The van der Waals surface area contributed by atoms with Crippen LogP contribution in [0.25, 0.3) is 0 Å². The Labute approximate surface area is 116 Å². The topological polar surface area (TPSA) is 30.5 Å². The number of hydrogen-bond acceptors (Lipinski definition) is 3. The van der Waals surface area contributed by atoms with Crippen molar-refractivity contribution in [2.24, 2.45) is 0 Å². The van der Waals surface area contributed by atoms with E-state index in [4.69, 9.17) is 9.47 Å². The molecule has 0 radical (unpaired) electrons. The highest BCUT2D eigenvalue weighted by atomic mass is 16.5. The summed E-state index contributed by atoms with van der Waals surface area (Å²) >= 11 is 0. The molecule has 19 heavy (non-hydrogen) atoms. The fourth-order valence-corrected chi connectivity index (χ4v) is 2.51. The van der Waals surface area contributed by atoms with Crippen molar-refractivity contribution in [3.8, 4) is 0 Å². The molecule has 0 fully saturated rings. The summed E-state index contributed by atoms with van der Waals surface area (Å²) in [7, 11) is 1.99. The molecule has 1 N–H and O–H groups in total. The Balaban J connectivity index is 1.98. The zero-order valence-electron chi connectivity index (χ0n) is 12.2. The number of likely N-dealkylation sites (N-methyl/N-ethyl adjacent to an activating group) is 1. The van der Waals surface area contributed by atoms with Crippen LogP contribution in [0.15, 0.2) is 24.3 Å². The van der Waals surface area contributed by atoms with Gasteiger partial charge in [0.25, 0.3) is 0 Å². The molecule has 0 saturated carbocycles. The monoisotopic (exact) mass is 263 g/mol. The van der Waals surface area contributed by atoms with E-state index >= 15 is 0 Å². The third-order valence-electron chi connectivity index (χ3n) is 3.63. The maximum atomic E-state index is 5.95. The fraction of sp³-hybridized carbons (Fsp3) is 0.625. The molecular formula is C16H25NO2. The molecule has 3 nitrogen and oxygen atoms in total. The van der Waals surface area contributed by atoms with Gasteiger partial charge in [-0.3, -0.25) is 0 Å². The van der Waals surface area contributed by atoms with Gasteiger partial charge in [0.05, 0.1) is 25.4 Å². The standard InChI is InChI=1S/C16H25NO2/c1-12(2)19-11-14(17-3)10-16-15-7-5-4-6-13(15)8-9-18-16/h4-7,12,14,16-17H,8-11H2,1-3H3. The van der Waals surface area contributed by atoms with Crippen LogP contribution in [-0.4, -0.2) is 32.4 Å². The molecule has 2 rings (SSSR count). The molecule has 1 heterocycles. The molecule has 1 aliphatic rings. The summed E-state index contributed by atoms with van der Waals surface area (Å²) in [4.78, 5) is 0. The second kappa shape index (κ2) is 7.04. The fourth-order valence-electron chi connectivity index (χ4n) is 2.51. The van der Waals surface area contributed by atoms with E-state index in [1.807, 2.05) is 7.05 Å². The van der Waals surface area contributed by atoms with E-state index in [0.29, 0.717) is 6.04 Å². The van der Waals surface area contributed by atoms with Crippen molar-refractivity contribution in [1.82, 2.24) is 5.32 Å². The van der Waals surface area contributed by atoms with Crippen LogP contribution in [-0.2, 0) is 15.9 Å². The molecule has 3 heteroatoms. The molecule has 1 aliphatic heterocycles. The Hall–Kier alpha value is -0.900. The van der Waals surface area contributed by atoms with Crippen molar-refractivity contribution in [3.63, 3.8) is 0 Å². The Morgan fingerprint density at radius 1 is 1.37 bits per heavy atom. The molecule has 106 valence electrons. The van der Waals surface area contributed by atoms with Gasteiger partial charge in [-0.15, -0.1) is 0 Å². The van der Waals surface area contributed by atoms with Crippen LogP contribution in [0.2, 0.25) is 0 Å². The number of benzene rings is 1. The van der Waals surface area contributed by atoms with Crippen molar-refractivity contribution in [2.45, 2.75) is 44.9 Å². The lowest BCUT2D eigenvalue weighted by Gasteiger charge is -2.29. The summed E-state index contributed by atoms with van der Waals surface area (Å²) in [5.41, 5.74) is 2.77. The maximum Gasteiger partial charge on any atom is 0.0843 e. The number of nitrogens with one attached hydrogen (secondary N) is 1. The van der Waals surface area contributed by atoms with Crippen molar-refractivity contribution in [2.75, 3.05) is 20.3 Å². The highest BCUT2D eigenvalue weighted by molar-refractivity contribution is 5.31. The van der Waals surface area contributed by atoms with Gasteiger partial charge in [0.1, 0.15) is 0 Å². The second-order valence-corrected chi connectivity index (χ2v) is 5.41. The third kappa shape index (κ3) is 4.03. The molecule has 0 aromatic heterocycles. The van der Waals surface area contributed by atoms with Crippen molar-refractivity contribution in [1.29, 1.82) is 0 Å². The summed E-state index contributed by atoms with van der Waals surface area (Å²) in [5.74, 6) is 0. The molecule has 0 saturated heterocycles. The van der Waals surface area contributed by atoms with Crippen LogP contribution >= 0.6 is 0 Å². The smallest absolute Gasteiger partial charge is 0.0843 e. The van der Waals surface area contributed by atoms with Gasteiger partial charge in [0.2, 0.25) is 0 Å². The van der Waals surface area contributed by atoms with Gasteiger partial charge in [-0.25, -0.2) is 0 Å².